The number of hydrogen-bond acceptors (Lipinski definition) is 5. The first-order chi connectivity index (χ1) is 20.4. The van der Waals surface area contributed by atoms with Crippen molar-refractivity contribution in [3.8, 4) is 39.8 Å². The summed E-state index contributed by atoms with van der Waals surface area (Å²) in [5, 5.41) is 1.86. The number of ether oxygens (including phenoxy) is 3. The molecule has 0 unspecified atom stereocenters. The summed E-state index contributed by atoms with van der Waals surface area (Å²) < 4.78 is 43.0. The highest BCUT2D eigenvalue weighted by molar-refractivity contribution is 6.17. The number of hydrogen-bond donors (Lipinski definition) is 0. The van der Waals surface area contributed by atoms with E-state index in [0.717, 1.165) is 27.4 Å². The molecule has 0 N–H and O–H groups in total. The van der Waals surface area contributed by atoms with Crippen molar-refractivity contribution in [2.45, 2.75) is 5.88 Å². The molecule has 42 heavy (non-hydrogen) atoms. The van der Waals surface area contributed by atoms with Crippen LogP contribution in [0.15, 0.2) is 97.1 Å². The quantitative estimate of drug-likeness (QED) is 0.183. The minimum atomic E-state index is -0.309. The van der Waals surface area contributed by atoms with Crippen LogP contribution in [0.3, 0.4) is 0 Å². The van der Waals surface area contributed by atoms with Gasteiger partial charge in [0.15, 0.2) is 0 Å². The van der Waals surface area contributed by atoms with Gasteiger partial charge in [-0.15, -0.1) is 11.6 Å². The Hall–Kier alpha value is -4.75. The topological polar surface area (TPSA) is 53.5 Å². The van der Waals surface area contributed by atoms with Crippen molar-refractivity contribution < 1.29 is 23.0 Å². The van der Waals surface area contributed by atoms with Crippen molar-refractivity contribution in [2.24, 2.45) is 0 Å². The summed E-state index contributed by atoms with van der Waals surface area (Å²) in [5.41, 5.74) is 4.98. The molecule has 0 atom stereocenters. The molecular weight excluding hydrogens is 558 g/mol. The summed E-state index contributed by atoms with van der Waals surface area (Å²) in [7, 11) is 4.78. The van der Waals surface area contributed by atoms with Crippen LogP contribution in [0, 0.1) is 11.6 Å². The predicted octanol–water partition coefficient (Wildman–Crippen LogP) is 8.85. The maximum absolute atomic E-state index is 13.5. The lowest BCUT2D eigenvalue weighted by atomic mass is 10.0. The van der Waals surface area contributed by atoms with E-state index in [9.17, 15) is 8.78 Å². The molecule has 6 aromatic rings. The SMILES string of the molecule is COc1cc2cccc(OC)c2nc1-c1cccc(F)c1.COc1cccc2cc(CCl)c(-c3cccc(F)c3)nc12. The lowest BCUT2D eigenvalue weighted by molar-refractivity contribution is 0.413. The highest BCUT2D eigenvalue weighted by Gasteiger charge is 2.14. The van der Waals surface area contributed by atoms with Gasteiger partial charge < -0.3 is 14.2 Å². The van der Waals surface area contributed by atoms with Crippen molar-refractivity contribution in [1.29, 1.82) is 0 Å². The minimum Gasteiger partial charge on any atom is -0.494 e. The molecule has 0 aliphatic rings. The van der Waals surface area contributed by atoms with Gasteiger partial charge >= 0.3 is 0 Å². The molecule has 0 aliphatic heterocycles. The Balaban J connectivity index is 0.000000168. The summed E-state index contributed by atoms with van der Waals surface area (Å²) in [6.07, 6.45) is 0. The monoisotopic (exact) mass is 584 g/mol. The van der Waals surface area contributed by atoms with Crippen LogP contribution in [0.5, 0.6) is 17.2 Å². The Labute approximate surface area is 247 Å². The van der Waals surface area contributed by atoms with Crippen LogP contribution in [0.2, 0.25) is 0 Å². The molecular formula is C34H27ClF2N2O3. The number of para-hydroxylation sites is 2. The second-order valence-corrected chi connectivity index (χ2v) is 9.52. The van der Waals surface area contributed by atoms with Crippen LogP contribution in [0.4, 0.5) is 8.78 Å². The lowest BCUT2D eigenvalue weighted by Crippen LogP contribution is -1.95. The van der Waals surface area contributed by atoms with E-state index in [-0.39, 0.29) is 11.6 Å². The summed E-state index contributed by atoms with van der Waals surface area (Å²) in [4.78, 5) is 9.26. The van der Waals surface area contributed by atoms with Gasteiger partial charge in [0.25, 0.3) is 0 Å². The van der Waals surface area contributed by atoms with Crippen molar-refractivity contribution in [2.75, 3.05) is 21.3 Å². The molecule has 0 spiro atoms. The van der Waals surface area contributed by atoms with Gasteiger partial charge in [-0.05, 0) is 54.1 Å². The molecule has 0 saturated carbocycles. The van der Waals surface area contributed by atoms with Crippen molar-refractivity contribution >= 4 is 33.4 Å². The van der Waals surface area contributed by atoms with Crippen molar-refractivity contribution in [3.05, 3.63) is 114 Å². The molecule has 2 aromatic heterocycles. The molecule has 5 nitrogen and oxygen atoms in total. The standard InChI is InChI=1S/C17H13ClFNO.C17H14FNO2/c1-21-15-7-3-5-11-8-13(10-18)16(20-17(11)15)12-4-2-6-14(19)9-12;1-20-14-8-4-6-12-10-15(21-2)17(19-16(12)14)11-5-3-7-13(18)9-11/h2-9H,10H2,1H3;3-10H,1-2H3. The molecule has 0 amide bonds. The van der Waals surface area contributed by atoms with E-state index in [4.69, 9.17) is 25.8 Å². The summed E-state index contributed by atoms with van der Waals surface area (Å²) in [6.45, 7) is 0. The largest absolute Gasteiger partial charge is 0.494 e. The first-order valence-electron chi connectivity index (χ1n) is 13.0. The second kappa shape index (κ2) is 12.8. The van der Waals surface area contributed by atoms with E-state index in [1.54, 1.807) is 39.5 Å². The lowest BCUT2D eigenvalue weighted by Gasteiger charge is -2.11. The zero-order chi connectivity index (χ0) is 29.6. The summed E-state index contributed by atoms with van der Waals surface area (Å²) in [5.74, 6) is 1.67. The number of halogens is 3. The zero-order valence-electron chi connectivity index (χ0n) is 23.2. The number of pyridine rings is 2. The molecule has 4 aromatic carbocycles. The third-order valence-corrected chi connectivity index (χ3v) is 6.95. The fraction of sp³-hybridized carbons (Fsp3) is 0.118. The molecule has 212 valence electrons. The number of rotatable bonds is 6. The van der Waals surface area contributed by atoms with Gasteiger partial charge in [-0.3, -0.25) is 0 Å². The highest BCUT2D eigenvalue weighted by atomic mass is 35.5. The number of benzene rings is 4. The van der Waals surface area contributed by atoms with Gasteiger partial charge in [-0.25, -0.2) is 18.7 Å². The van der Waals surface area contributed by atoms with Gasteiger partial charge in [-0.2, -0.15) is 0 Å². The molecule has 0 bridgehead atoms. The minimum absolute atomic E-state index is 0.296. The summed E-state index contributed by atoms with van der Waals surface area (Å²) in [6, 6.07) is 27.9. The van der Waals surface area contributed by atoms with Crippen LogP contribution in [0.25, 0.3) is 44.3 Å². The number of methoxy groups -OCH3 is 3. The first kappa shape index (κ1) is 28.8. The predicted molar refractivity (Wildman–Crippen MR) is 163 cm³/mol. The second-order valence-electron chi connectivity index (χ2n) is 9.25. The maximum Gasteiger partial charge on any atom is 0.145 e. The first-order valence-corrected chi connectivity index (χ1v) is 13.6. The Morgan fingerprint density at radius 3 is 1.55 bits per heavy atom. The molecule has 2 heterocycles. The number of nitrogens with zero attached hydrogens (tertiary/aromatic N) is 2. The van der Waals surface area contributed by atoms with E-state index >= 15 is 0 Å². The Kier molecular flexibility index (Phi) is 8.79. The Morgan fingerprint density at radius 2 is 1.05 bits per heavy atom. The zero-order valence-corrected chi connectivity index (χ0v) is 24.0. The third kappa shape index (κ3) is 5.97. The summed E-state index contributed by atoms with van der Waals surface area (Å²) >= 11 is 6.03. The number of fused-ring (bicyclic) bond motifs is 2. The Morgan fingerprint density at radius 1 is 0.571 bits per heavy atom. The average Bonchev–Trinajstić information content (AvgIpc) is 3.03. The molecule has 0 aliphatic carbocycles. The van der Waals surface area contributed by atoms with Gasteiger partial charge in [0.1, 0.15) is 45.6 Å². The van der Waals surface area contributed by atoms with Crippen LogP contribution in [0.1, 0.15) is 5.56 Å². The van der Waals surface area contributed by atoms with E-state index in [1.807, 2.05) is 54.6 Å². The van der Waals surface area contributed by atoms with Crippen LogP contribution in [-0.2, 0) is 5.88 Å². The van der Waals surface area contributed by atoms with Crippen LogP contribution < -0.4 is 14.2 Å². The normalized spacial score (nSPS) is 10.7. The van der Waals surface area contributed by atoms with Crippen LogP contribution >= 0.6 is 11.6 Å². The smallest absolute Gasteiger partial charge is 0.145 e. The van der Waals surface area contributed by atoms with E-state index in [0.29, 0.717) is 45.6 Å². The number of alkyl halides is 1. The van der Waals surface area contributed by atoms with Crippen LogP contribution in [-0.4, -0.2) is 31.3 Å². The molecule has 0 fully saturated rings. The highest BCUT2D eigenvalue weighted by Crippen LogP contribution is 2.35. The van der Waals surface area contributed by atoms with Crippen molar-refractivity contribution in [1.82, 2.24) is 9.97 Å². The molecule has 8 heteroatoms. The van der Waals surface area contributed by atoms with E-state index in [2.05, 4.69) is 9.97 Å². The third-order valence-electron chi connectivity index (χ3n) is 6.66. The van der Waals surface area contributed by atoms with Gasteiger partial charge in [0.2, 0.25) is 0 Å². The maximum atomic E-state index is 13.5. The van der Waals surface area contributed by atoms with Gasteiger partial charge in [0, 0.05) is 27.8 Å². The molecule has 0 radical (unpaired) electrons. The van der Waals surface area contributed by atoms with E-state index < -0.39 is 0 Å². The van der Waals surface area contributed by atoms with E-state index in [1.165, 1.54) is 24.3 Å². The molecule has 6 rings (SSSR count). The fourth-order valence-electron chi connectivity index (χ4n) is 4.68. The number of aromatic nitrogens is 2. The molecule has 0 saturated heterocycles. The Bertz CT molecular complexity index is 1740. The van der Waals surface area contributed by atoms with Crippen molar-refractivity contribution in [3.63, 3.8) is 0 Å². The average molecular weight is 585 g/mol. The van der Waals surface area contributed by atoms with Gasteiger partial charge in [-0.1, -0.05) is 48.5 Å². The fourth-order valence-corrected chi connectivity index (χ4v) is 4.89. The van der Waals surface area contributed by atoms with Gasteiger partial charge in [0.05, 0.1) is 27.0 Å².